The molecule has 2 fully saturated rings. The van der Waals surface area contributed by atoms with Crippen molar-refractivity contribution >= 4 is 17.5 Å². The van der Waals surface area contributed by atoms with Gasteiger partial charge in [-0.3, -0.25) is 14.4 Å². The summed E-state index contributed by atoms with van der Waals surface area (Å²) in [7, 11) is 0. The van der Waals surface area contributed by atoms with Gasteiger partial charge >= 0.3 is 5.97 Å². The Hall–Kier alpha value is -1.75. The molecule has 0 bridgehead atoms. The summed E-state index contributed by atoms with van der Waals surface area (Å²) >= 11 is 0. The van der Waals surface area contributed by atoms with Gasteiger partial charge in [-0.1, -0.05) is 12.2 Å². The minimum absolute atomic E-state index is 0.000328. The highest BCUT2D eigenvalue weighted by molar-refractivity contribution is 6.06. The number of esters is 1. The number of hydrogen-bond acceptors (Lipinski definition) is 5. The van der Waals surface area contributed by atoms with Gasteiger partial charge in [-0.25, -0.2) is 0 Å². The number of rotatable bonds is 1. The van der Waals surface area contributed by atoms with Gasteiger partial charge in [0.05, 0.1) is 17.4 Å². The first-order valence-electron chi connectivity index (χ1n) is 8.57. The van der Waals surface area contributed by atoms with Crippen molar-refractivity contribution < 1.29 is 24.2 Å². The van der Waals surface area contributed by atoms with Gasteiger partial charge in [0.2, 0.25) is 0 Å². The summed E-state index contributed by atoms with van der Waals surface area (Å²) < 4.78 is 5.50. The molecule has 1 aliphatic heterocycles. The lowest BCUT2D eigenvalue weighted by Crippen LogP contribution is -2.45. The van der Waals surface area contributed by atoms with E-state index in [1.54, 1.807) is 6.92 Å². The van der Waals surface area contributed by atoms with Crippen LogP contribution in [0.4, 0.5) is 0 Å². The summed E-state index contributed by atoms with van der Waals surface area (Å²) in [6.07, 6.45) is 0.815. The maximum atomic E-state index is 13.1. The molecule has 4 rings (SSSR count). The maximum absolute atomic E-state index is 13.1. The first kappa shape index (κ1) is 15.8. The molecule has 3 aliphatic carbocycles. The number of allylic oxidation sites excluding steroid dienone is 2. The zero-order valence-corrected chi connectivity index (χ0v) is 14.0. The second kappa shape index (κ2) is 4.88. The van der Waals surface area contributed by atoms with E-state index in [2.05, 4.69) is 6.58 Å². The number of ketones is 2. The molecular formula is C19H22O5. The van der Waals surface area contributed by atoms with E-state index in [1.807, 2.05) is 6.92 Å². The molecule has 0 aromatic rings. The van der Waals surface area contributed by atoms with Gasteiger partial charge in [0.1, 0.15) is 11.9 Å². The lowest BCUT2D eigenvalue weighted by Gasteiger charge is -2.36. The molecule has 1 saturated heterocycles. The minimum atomic E-state index is -1.19. The van der Waals surface area contributed by atoms with Crippen molar-refractivity contribution in [3.8, 4) is 0 Å². The van der Waals surface area contributed by atoms with Crippen LogP contribution in [0.1, 0.15) is 39.5 Å². The minimum Gasteiger partial charge on any atom is -0.461 e. The third-order valence-corrected chi connectivity index (χ3v) is 6.36. The standard InChI is InChI=1S/C19H22O5/c1-8(2)9-4-10(20)6-12-11(5-9)14-15-13(24-18(14)22)7-19(3,23)16(15)17(12)21/h9,13-16,23H,1,4-7H2,2-3H3/t9-,13-,14+,15+,16+,19+/m1/s1. The average molecular weight is 330 g/mol. The van der Waals surface area contributed by atoms with Crippen molar-refractivity contribution in [1.29, 1.82) is 0 Å². The van der Waals surface area contributed by atoms with E-state index in [0.29, 0.717) is 18.4 Å². The fourth-order valence-corrected chi connectivity index (χ4v) is 5.25. The van der Waals surface area contributed by atoms with Crippen LogP contribution in [0, 0.1) is 23.7 Å². The van der Waals surface area contributed by atoms with Gasteiger partial charge < -0.3 is 9.84 Å². The van der Waals surface area contributed by atoms with Crippen LogP contribution in [0.15, 0.2) is 23.3 Å². The quantitative estimate of drug-likeness (QED) is 0.585. The second-order valence-electron chi connectivity index (χ2n) is 8.10. The van der Waals surface area contributed by atoms with Crippen molar-refractivity contribution in [2.45, 2.75) is 51.2 Å². The molecule has 0 amide bonds. The maximum Gasteiger partial charge on any atom is 0.313 e. The number of hydrogen-bond donors (Lipinski definition) is 1. The van der Waals surface area contributed by atoms with Gasteiger partial charge in [-0.15, -0.1) is 0 Å². The molecule has 128 valence electrons. The van der Waals surface area contributed by atoms with Crippen LogP contribution in [0.2, 0.25) is 0 Å². The number of Topliss-reactive ketones (excluding diaryl/α,β-unsaturated/α-hetero) is 2. The largest absolute Gasteiger partial charge is 0.461 e. The Bertz CT molecular complexity index is 713. The van der Waals surface area contributed by atoms with Crippen LogP contribution in [0.25, 0.3) is 0 Å². The summed E-state index contributed by atoms with van der Waals surface area (Å²) in [5.41, 5.74) is 0.931. The zero-order valence-electron chi connectivity index (χ0n) is 14.0. The molecule has 1 saturated carbocycles. The molecule has 0 radical (unpaired) electrons. The SMILES string of the molecule is C=C(C)[C@@H]1CC(=O)CC2=C(C1)[C@@H]1C(=O)O[C@@H]3C[C@](C)(O)[C@H](C2=O)[C@H]13. The summed E-state index contributed by atoms with van der Waals surface area (Å²) in [5.74, 6) is -1.93. The summed E-state index contributed by atoms with van der Waals surface area (Å²) in [4.78, 5) is 37.9. The van der Waals surface area contributed by atoms with Crippen molar-refractivity contribution in [2.75, 3.05) is 0 Å². The van der Waals surface area contributed by atoms with Crippen LogP contribution >= 0.6 is 0 Å². The Morgan fingerprint density at radius 1 is 1.29 bits per heavy atom. The van der Waals surface area contributed by atoms with E-state index in [9.17, 15) is 19.5 Å². The highest BCUT2D eigenvalue weighted by atomic mass is 16.6. The Kier molecular flexibility index (Phi) is 3.21. The number of fused-ring (bicyclic) bond motifs is 1. The molecule has 0 aromatic carbocycles. The summed E-state index contributed by atoms with van der Waals surface area (Å²) in [6, 6.07) is 0. The molecule has 5 heteroatoms. The Morgan fingerprint density at radius 3 is 2.67 bits per heavy atom. The van der Waals surface area contributed by atoms with Crippen LogP contribution in [-0.2, 0) is 19.1 Å². The third-order valence-electron chi connectivity index (χ3n) is 6.36. The molecule has 0 spiro atoms. The number of carbonyl (C=O) groups is 3. The van der Waals surface area contributed by atoms with E-state index in [4.69, 9.17) is 4.74 Å². The van der Waals surface area contributed by atoms with Gasteiger partial charge in [-0.2, -0.15) is 0 Å². The van der Waals surface area contributed by atoms with E-state index >= 15 is 0 Å². The number of aliphatic hydroxyl groups is 1. The van der Waals surface area contributed by atoms with Crippen LogP contribution in [-0.4, -0.2) is 34.3 Å². The Labute approximate surface area is 140 Å². The lowest BCUT2D eigenvalue weighted by atomic mass is 9.66. The fraction of sp³-hybridized carbons (Fsp3) is 0.632. The predicted molar refractivity (Wildman–Crippen MR) is 84.8 cm³/mol. The Balaban J connectivity index is 1.86. The molecular weight excluding hydrogens is 308 g/mol. The third kappa shape index (κ3) is 2.00. The van der Waals surface area contributed by atoms with Crippen molar-refractivity contribution in [3.63, 3.8) is 0 Å². The fourth-order valence-electron chi connectivity index (χ4n) is 5.25. The van der Waals surface area contributed by atoms with Gasteiger partial charge in [0.25, 0.3) is 0 Å². The summed E-state index contributed by atoms with van der Waals surface area (Å²) in [5, 5.41) is 10.7. The highest BCUT2D eigenvalue weighted by Gasteiger charge is 2.66. The van der Waals surface area contributed by atoms with Gasteiger partial charge in [0, 0.05) is 30.8 Å². The van der Waals surface area contributed by atoms with Crippen LogP contribution in [0.5, 0.6) is 0 Å². The van der Waals surface area contributed by atoms with E-state index < -0.39 is 23.5 Å². The number of ether oxygens (including phenoxy) is 1. The predicted octanol–water partition coefficient (Wildman–Crippen LogP) is 1.74. The molecule has 0 aromatic heterocycles. The Morgan fingerprint density at radius 2 is 2.00 bits per heavy atom. The van der Waals surface area contributed by atoms with E-state index in [1.165, 1.54) is 0 Å². The first-order chi connectivity index (χ1) is 11.2. The molecule has 1 N–H and O–H groups in total. The van der Waals surface area contributed by atoms with E-state index in [0.717, 1.165) is 11.1 Å². The monoisotopic (exact) mass is 330 g/mol. The van der Waals surface area contributed by atoms with Gasteiger partial charge in [-0.05, 0) is 31.8 Å². The molecule has 1 heterocycles. The van der Waals surface area contributed by atoms with Crippen LogP contribution < -0.4 is 0 Å². The summed E-state index contributed by atoms with van der Waals surface area (Å²) in [6.45, 7) is 7.49. The van der Waals surface area contributed by atoms with Gasteiger partial charge in [0.15, 0.2) is 5.78 Å². The molecule has 4 aliphatic rings. The smallest absolute Gasteiger partial charge is 0.313 e. The van der Waals surface area contributed by atoms with Crippen molar-refractivity contribution in [2.24, 2.45) is 23.7 Å². The number of carbonyl (C=O) groups excluding carboxylic acids is 3. The molecule has 6 atom stereocenters. The molecule has 24 heavy (non-hydrogen) atoms. The molecule has 5 nitrogen and oxygen atoms in total. The van der Waals surface area contributed by atoms with Crippen molar-refractivity contribution in [3.05, 3.63) is 23.3 Å². The topological polar surface area (TPSA) is 80.7 Å². The van der Waals surface area contributed by atoms with Crippen molar-refractivity contribution in [1.82, 2.24) is 0 Å². The normalized spacial score (nSPS) is 44.1. The highest BCUT2D eigenvalue weighted by Crippen LogP contribution is 2.57. The van der Waals surface area contributed by atoms with E-state index in [-0.39, 0.29) is 42.2 Å². The van der Waals surface area contributed by atoms with Crippen LogP contribution in [0.3, 0.4) is 0 Å². The zero-order chi connectivity index (χ0) is 17.4. The average Bonchev–Trinajstić information content (AvgIpc) is 2.81. The first-order valence-corrected chi connectivity index (χ1v) is 8.57. The lowest BCUT2D eigenvalue weighted by molar-refractivity contribution is -0.146. The second-order valence-corrected chi connectivity index (χ2v) is 8.10. The molecule has 0 unspecified atom stereocenters.